The summed E-state index contributed by atoms with van der Waals surface area (Å²) in [4.78, 5) is 37.1. The van der Waals surface area contributed by atoms with Gasteiger partial charge < -0.3 is 14.8 Å². The monoisotopic (exact) mass is 354 g/mol. The first-order valence-electron chi connectivity index (χ1n) is 8.02. The van der Waals surface area contributed by atoms with Crippen LogP contribution < -0.4 is 19.7 Å². The second kappa shape index (κ2) is 7.26. The highest BCUT2D eigenvalue weighted by Gasteiger charge is 2.30. The van der Waals surface area contributed by atoms with Crippen LogP contribution in [0.2, 0.25) is 0 Å². The van der Waals surface area contributed by atoms with Crippen molar-refractivity contribution in [1.29, 1.82) is 0 Å². The number of rotatable bonds is 5. The topological polar surface area (TPSA) is 84.9 Å². The van der Waals surface area contributed by atoms with Gasteiger partial charge in [-0.25, -0.2) is 0 Å². The Balaban J connectivity index is 1.74. The van der Waals surface area contributed by atoms with E-state index in [9.17, 15) is 14.4 Å². The number of imide groups is 1. The standard InChI is InChI=1S/C19H18N2O5/c1-25-15-8-5-13(11-16(15)26-2)20-19(24)12-3-6-14(7-4-12)21-17(22)9-10-18(21)23/h3-8,11H,9-10H2,1-2H3,(H,20,24). The largest absolute Gasteiger partial charge is 0.493 e. The van der Waals surface area contributed by atoms with Gasteiger partial charge >= 0.3 is 0 Å². The molecule has 26 heavy (non-hydrogen) atoms. The molecule has 1 aliphatic rings. The van der Waals surface area contributed by atoms with Gasteiger partial charge in [-0.05, 0) is 36.4 Å². The summed E-state index contributed by atoms with van der Waals surface area (Å²) in [5.41, 5.74) is 1.43. The van der Waals surface area contributed by atoms with Gasteiger partial charge in [0.15, 0.2) is 11.5 Å². The maximum atomic E-state index is 12.4. The SMILES string of the molecule is COc1ccc(NC(=O)c2ccc(N3C(=O)CCC3=O)cc2)cc1OC. The highest BCUT2D eigenvalue weighted by molar-refractivity contribution is 6.20. The van der Waals surface area contributed by atoms with Crippen molar-refractivity contribution in [2.75, 3.05) is 24.4 Å². The molecule has 0 aromatic heterocycles. The van der Waals surface area contributed by atoms with E-state index in [1.165, 1.54) is 14.2 Å². The summed E-state index contributed by atoms with van der Waals surface area (Å²) >= 11 is 0. The number of amides is 3. The molecule has 134 valence electrons. The lowest BCUT2D eigenvalue weighted by Gasteiger charge is -2.14. The lowest BCUT2D eigenvalue weighted by atomic mass is 10.1. The normalized spacial score (nSPS) is 13.7. The highest BCUT2D eigenvalue weighted by atomic mass is 16.5. The molecule has 0 aliphatic carbocycles. The molecular weight excluding hydrogens is 336 g/mol. The van der Waals surface area contributed by atoms with Crippen molar-refractivity contribution in [1.82, 2.24) is 0 Å². The minimum absolute atomic E-state index is 0.223. The van der Waals surface area contributed by atoms with Gasteiger partial charge in [0.1, 0.15) is 0 Å². The van der Waals surface area contributed by atoms with E-state index in [-0.39, 0.29) is 30.6 Å². The molecule has 3 amide bonds. The van der Waals surface area contributed by atoms with E-state index in [0.29, 0.717) is 28.4 Å². The van der Waals surface area contributed by atoms with Crippen LogP contribution in [-0.2, 0) is 9.59 Å². The quantitative estimate of drug-likeness (QED) is 0.835. The minimum atomic E-state index is -0.317. The number of methoxy groups -OCH3 is 2. The van der Waals surface area contributed by atoms with Crippen LogP contribution in [0.3, 0.4) is 0 Å². The van der Waals surface area contributed by atoms with E-state index < -0.39 is 0 Å². The summed E-state index contributed by atoms with van der Waals surface area (Å²) in [6.07, 6.45) is 0.445. The molecule has 7 nitrogen and oxygen atoms in total. The zero-order valence-corrected chi connectivity index (χ0v) is 14.4. The number of nitrogens with one attached hydrogen (secondary N) is 1. The molecule has 1 fully saturated rings. The van der Waals surface area contributed by atoms with Crippen LogP contribution >= 0.6 is 0 Å². The van der Waals surface area contributed by atoms with Crippen LogP contribution in [0.1, 0.15) is 23.2 Å². The molecule has 1 saturated heterocycles. The molecular formula is C19H18N2O5. The van der Waals surface area contributed by atoms with E-state index in [0.717, 1.165) is 4.90 Å². The van der Waals surface area contributed by atoms with Crippen LogP contribution in [0.25, 0.3) is 0 Å². The number of benzene rings is 2. The van der Waals surface area contributed by atoms with Crippen LogP contribution in [0.4, 0.5) is 11.4 Å². The lowest BCUT2D eigenvalue weighted by molar-refractivity contribution is -0.121. The number of hydrogen-bond acceptors (Lipinski definition) is 5. The first-order chi connectivity index (χ1) is 12.5. The minimum Gasteiger partial charge on any atom is -0.493 e. The summed E-state index contributed by atoms with van der Waals surface area (Å²) in [5.74, 6) is 0.305. The molecule has 0 radical (unpaired) electrons. The summed E-state index contributed by atoms with van der Waals surface area (Å²) in [6.45, 7) is 0. The van der Waals surface area contributed by atoms with Gasteiger partial charge in [0.05, 0.1) is 19.9 Å². The Hall–Kier alpha value is -3.35. The van der Waals surface area contributed by atoms with E-state index in [2.05, 4.69) is 5.32 Å². The predicted molar refractivity (Wildman–Crippen MR) is 95.7 cm³/mol. The van der Waals surface area contributed by atoms with E-state index in [4.69, 9.17) is 9.47 Å². The van der Waals surface area contributed by atoms with Crippen LogP contribution in [0.15, 0.2) is 42.5 Å². The maximum Gasteiger partial charge on any atom is 0.255 e. The van der Waals surface area contributed by atoms with Crippen molar-refractivity contribution < 1.29 is 23.9 Å². The zero-order valence-electron chi connectivity index (χ0n) is 14.4. The van der Waals surface area contributed by atoms with E-state index in [1.54, 1.807) is 42.5 Å². The predicted octanol–water partition coefficient (Wildman–Crippen LogP) is 2.61. The van der Waals surface area contributed by atoms with Crippen LogP contribution in [0.5, 0.6) is 11.5 Å². The molecule has 2 aromatic carbocycles. The number of carbonyl (C=O) groups is 3. The summed E-state index contributed by atoms with van der Waals surface area (Å²) < 4.78 is 10.4. The zero-order chi connectivity index (χ0) is 18.7. The van der Waals surface area contributed by atoms with Crippen molar-refractivity contribution in [2.45, 2.75) is 12.8 Å². The van der Waals surface area contributed by atoms with Crippen molar-refractivity contribution in [3.63, 3.8) is 0 Å². The molecule has 1 aliphatic heterocycles. The third-order valence-corrected chi connectivity index (χ3v) is 4.08. The van der Waals surface area contributed by atoms with Gasteiger partial charge in [0.2, 0.25) is 11.8 Å². The Kier molecular flexibility index (Phi) is 4.88. The molecule has 3 rings (SSSR count). The fourth-order valence-corrected chi connectivity index (χ4v) is 2.74. The Morgan fingerprint density at radius 3 is 2.12 bits per heavy atom. The van der Waals surface area contributed by atoms with Crippen molar-refractivity contribution in [2.24, 2.45) is 0 Å². The fraction of sp³-hybridized carbons (Fsp3) is 0.211. The third kappa shape index (κ3) is 3.37. The maximum absolute atomic E-state index is 12.4. The molecule has 0 atom stereocenters. The van der Waals surface area contributed by atoms with Gasteiger partial charge in [-0.3, -0.25) is 19.3 Å². The Morgan fingerprint density at radius 2 is 1.54 bits per heavy atom. The van der Waals surface area contributed by atoms with Crippen molar-refractivity contribution >= 4 is 29.1 Å². The molecule has 7 heteroatoms. The first-order valence-corrected chi connectivity index (χ1v) is 8.02. The molecule has 1 heterocycles. The molecule has 0 spiro atoms. The number of nitrogens with zero attached hydrogens (tertiary/aromatic N) is 1. The highest BCUT2D eigenvalue weighted by Crippen LogP contribution is 2.30. The van der Waals surface area contributed by atoms with Gasteiger partial charge in [-0.1, -0.05) is 0 Å². The van der Waals surface area contributed by atoms with Gasteiger partial charge in [-0.2, -0.15) is 0 Å². The molecule has 2 aromatic rings. The number of carbonyl (C=O) groups excluding carboxylic acids is 3. The smallest absolute Gasteiger partial charge is 0.255 e. The van der Waals surface area contributed by atoms with Gasteiger partial charge in [0, 0.05) is 30.2 Å². The Bertz CT molecular complexity index is 845. The first kappa shape index (κ1) is 17.5. The van der Waals surface area contributed by atoms with E-state index >= 15 is 0 Å². The summed E-state index contributed by atoms with van der Waals surface area (Å²) in [5, 5.41) is 2.77. The van der Waals surface area contributed by atoms with Crippen LogP contribution in [-0.4, -0.2) is 31.9 Å². The molecule has 0 bridgehead atoms. The summed E-state index contributed by atoms with van der Waals surface area (Å²) in [7, 11) is 3.05. The molecule has 1 N–H and O–H groups in total. The van der Waals surface area contributed by atoms with Crippen LogP contribution in [0, 0.1) is 0 Å². The van der Waals surface area contributed by atoms with Gasteiger partial charge in [-0.15, -0.1) is 0 Å². The second-order valence-electron chi connectivity index (χ2n) is 5.69. The Labute approximate surface area is 150 Å². The third-order valence-electron chi connectivity index (χ3n) is 4.08. The number of ether oxygens (including phenoxy) is 2. The van der Waals surface area contributed by atoms with Crippen molar-refractivity contribution in [3.8, 4) is 11.5 Å². The lowest BCUT2D eigenvalue weighted by Crippen LogP contribution is -2.28. The van der Waals surface area contributed by atoms with E-state index in [1.807, 2.05) is 0 Å². The fourth-order valence-electron chi connectivity index (χ4n) is 2.74. The Morgan fingerprint density at radius 1 is 0.923 bits per heavy atom. The van der Waals surface area contributed by atoms with Gasteiger partial charge in [0.25, 0.3) is 5.91 Å². The average Bonchev–Trinajstić information content (AvgIpc) is 3.00. The summed E-state index contributed by atoms with van der Waals surface area (Å²) in [6, 6.07) is 11.4. The number of hydrogen-bond donors (Lipinski definition) is 1. The average molecular weight is 354 g/mol. The molecule has 0 unspecified atom stereocenters. The van der Waals surface area contributed by atoms with Crippen molar-refractivity contribution in [3.05, 3.63) is 48.0 Å². The second-order valence-corrected chi connectivity index (χ2v) is 5.69. The molecule has 0 saturated carbocycles. The number of anilines is 2.